The van der Waals surface area contributed by atoms with Crippen LogP contribution in [0, 0.1) is 0 Å². The third kappa shape index (κ3) is 7.70. The Balaban J connectivity index is 3.90. The van der Waals surface area contributed by atoms with Crippen molar-refractivity contribution in [3.05, 3.63) is 0 Å². The van der Waals surface area contributed by atoms with Gasteiger partial charge >= 0.3 is 0 Å². The fraction of sp³-hybridized carbons (Fsp3) is 1.00. The molecule has 0 atom stereocenters. The molecule has 0 spiro atoms. The van der Waals surface area contributed by atoms with Crippen LogP contribution < -0.4 is 11.0 Å². The van der Waals surface area contributed by atoms with Crippen molar-refractivity contribution in [1.29, 1.82) is 0 Å². The molecule has 0 heterocycles. The summed E-state index contributed by atoms with van der Waals surface area (Å²) in [4.78, 5) is 10.4. The minimum absolute atomic E-state index is 0.336. The highest BCUT2D eigenvalue weighted by atomic mass is 16.7. The minimum Gasteiger partial charge on any atom is -0.370 e. The van der Waals surface area contributed by atoms with E-state index in [1.54, 1.807) is 14.1 Å². The lowest BCUT2D eigenvalue weighted by molar-refractivity contribution is -0.165. The van der Waals surface area contributed by atoms with Gasteiger partial charge < -0.3 is 4.74 Å². The highest BCUT2D eigenvalue weighted by Gasteiger charge is 2.25. The second-order valence-electron chi connectivity index (χ2n) is 4.61. The maximum absolute atomic E-state index is 5.72. The van der Waals surface area contributed by atoms with Crippen molar-refractivity contribution in [1.82, 2.24) is 11.0 Å². The van der Waals surface area contributed by atoms with E-state index < -0.39 is 0 Å². The zero-order valence-corrected chi connectivity index (χ0v) is 10.6. The summed E-state index contributed by atoms with van der Waals surface area (Å²) in [7, 11) is 3.46. The van der Waals surface area contributed by atoms with Gasteiger partial charge in [-0.1, -0.05) is 0 Å². The topological polar surface area (TPSA) is 51.8 Å². The van der Waals surface area contributed by atoms with Crippen LogP contribution in [-0.2, 0) is 14.4 Å². The molecule has 0 aromatic heterocycles. The summed E-state index contributed by atoms with van der Waals surface area (Å²) in [6.45, 7) is 8.84. The minimum atomic E-state index is -0.355. The van der Waals surface area contributed by atoms with Crippen LogP contribution in [0.5, 0.6) is 0 Å². The first-order chi connectivity index (χ1) is 6.83. The molecular weight excluding hydrogens is 196 g/mol. The van der Waals surface area contributed by atoms with Crippen molar-refractivity contribution in [3.8, 4) is 0 Å². The van der Waals surface area contributed by atoms with Gasteiger partial charge in [0.1, 0.15) is 5.60 Å². The van der Waals surface area contributed by atoms with Gasteiger partial charge in [-0.15, -0.1) is 0 Å². The van der Waals surface area contributed by atoms with Crippen molar-refractivity contribution in [2.24, 2.45) is 0 Å². The normalized spacial score (nSPS) is 13.2. The average Bonchev–Trinajstić information content (AvgIpc) is 2.12. The predicted octanol–water partition coefficient (Wildman–Crippen LogP) is 0.862. The van der Waals surface area contributed by atoms with Crippen LogP contribution in [0.4, 0.5) is 0 Å². The molecule has 0 aromatic carbocycles. The molecule has 92 valence electrons. The van der Waals surface area contributed by atoms with E-state index in [1.807, 2.05) is 27.7 Å². The van der Waals surface area contributed by atoms with Crippen LogP contribution in [0.1, 0.15) is 27.7 Å². The van der Waals surface area contributed by atoms with Gasteiger partial charge in [0.25, 0.3) is 0 Å². The molecular formula is C10H24N2O3. The van der Waals surface area contributed by atoms with E-state index in [4.69, 9.17) is 14.4 Å². The molecule has 0 amide bonds. The average molecular weight is 220 g/mol. The highest BCUT2D eigenvalue weighted by Crippen LogP contribution is 2.15. The Morgan fingerprint density at radius 2 is 1.47 bits per heavy atom. The monoisotopic (exact) mass is 220 g/mol. The number of hydrogen-bond donors (Lipinski definition) is 2. The Labute approximate surface area is 92.4 Å². The Kier molecular flexibility index (Phi) is 6.31. The molecule has 15 heavy (non-hydrogen) atoms. The summed E-state index contributed by atoms with van der Waals surface area (Å²) in [5, 5.41) is 0. The molecule has 0 aromatic rings. The zero-order valence-electron chi connectivity index (χ0n) is 10.6. The van der Waals surface area contributed by atoms with E-state index in [9.17, 15) is 0 Å². The fourth-order valence-corrected chi connectivity index (χ4v) is 0.963. The first-order valence-corrected chi connectivity index (χ1v) is 5.10. The van der Waals surface area contributed by atoms with Crippen LogP contribution in [0.15, 0.2) is 0 Å². The van der Waals surface area contributed by atoms with Gasteiger partial charge in [0, 0.05) is 14.1 Å². The van der Waals surface area contributed by atoms with Crippen molar-refractivity contribution >= 4 is 0 Å². The van der Waals surface area contributed by atoms with E-state index in [0.29, 0.717) is 13.2 Å². The van der Waals surface area contributed by atoms with Gasteiger partial charge in [0.05, 0.1) is 18.8 Å². The zero-order chi connectivity index (χ0) is 11.9. The van der Waals surface area contributed by atoms with E-state index in [0.717, 1.165) is 0 Å². The summed E-state index contributed by atoms with van der Waals surface area (Å²) in [5.41, 5.74) is 4.59. The summed E-state index contributed by atoms with van der Waals surface area (Å²) < 4.78 is 5.72. The third-order valence-corrected chi connectivity index (χ3v) is 1.75. The second kappa shape index (κ2) is 6.40. The molecule has 0 aliphatic carbocycles. The Hall–Kier alpha value is -0.200. The van der Waals surface area contributed by atoms with Crippen LogP contribution in [0.2, 0.25) is 0 Å². The molecule has 5 nitrogen and oxygen atoms in total. The van der Waals surface area contributed by atoms with Crippen LogP contribution >= 0.6 is 0 Å². The molecule has 5 heteroatoms. The van der Waals surface area contributed by atoms with E-state index in [1.165, 1.54) is 0 Å². The van der Waals surface area contributed by atoms with Crippen molar-refractivity contribution in [3.63, 3.8) is 0 Å². The highest BCUT2D eigenvalue weighted by molar-refractivity contribution is 4.72. The standard InChI is InChI=1S/C10H24N2O3/c1-9(2,8-14-11-5)13-7-10(3,4)15-12-6/h11-12H,7-8H2,1-6H3. The maximum atomic E-state index is 5.72. The largest absolute Gasteiger partial charge is 0.370 e. The summed E-state index contributed by atoms with van der Waals surface area (Å²) in [6.07, 6.45) is 0. The van der Waals surface area contributed by atoms with Crippen molar-refractivity contribution in [2.45, 2.75) is 38.9 Å². The van der Waals surface area contributed by atoms with Gasteiger partial charge in [-0.2, -0.15) is 0 Å². The number of hydrogen-bond acceptors (Lipinski definition) is 5. The van der Waals surface area contributed by atoms with Crippen molar-refractivity contribution < 1.29 is 14.4 Å². The quantitative estimate of drug-likeness (QED) is 0.594. The number of rotatable bonds is 8. The Morgan fingerprint density at radius 1 is 0.867 bits per heavy atom. The van der Waals surface area contributed by atoms with Gasteiger partial charge in [0.2, 0.25) is 0 Å². The van der Waals surface area contributed by atoms with E-state index in [2.05, 4.69) is 11.0 Å². The van der Waals surface area contributed by atoms with Gasteiger partial charge in [0.15, 0.2) is 0 Å². The fourth-order valence-electron chi connectivity index (χ4n) is 0.963. The lowest BCUT2D eigenvalue weighted by Gasteiger charge is -2.30. The molecule has 2 N–H and O–H groups in total. The SMILES string of the molecule is CNOCC(C)(C)OCC(C)(C)ONC. The first kappa shape index (κ1) is 14.8. The van der Waals surface area contributed by atoms with Crippen molar-refractivity contribution in [2.75, 3.05) is 27.3 Å². The molecule has 0 unspecified atom stereocenters. The second-order valence-corrected chi connectivity index (χ2v) is 4.61. The lowest BCUT2D eigenvalue weighted by atomic mass is 10.1. The number of hydroxylamine groups is 2. The van der Waals surface area contributed by atoms with Gasteiger partial charge in [-0.25, -0.2) is 11.0 Å². The van der Waals surface area contributed by atoms with Crippen LogP contribution in [0.3, 0.4) is 0 Å². The Bertz CT molecular complexity index is 172. The number of ether oxygens (including phenoxy) is 1. The predicted molar refractivity (Wildman–Crippen MR) is 59.3 cm³/mol. The smallest absolute Gasteiger partial charge is 0.107 e. The lowest BCUT2D eigenvalue weighted by Crippen LogP contribution is -2.41. The van der Waals surface area contributed by atoms with E-state index in [-0.39, 0.29) is 11.2 Å². The molecule has 0 rings (SSSR count). The first-order valence-electron chi connectivity index (χ1n) is 5.10. The van der Waals surface area contributed by atoms with Crippen LogP contribution in [-0.4, -0.2) is 38.5 Å². The number of nitrogens with one attached hydrogen (secondary N) is 2. The third-order valence-electron chi connectivity index (χ3n) is 1.75. The molecule has 0 fully saturated rings. The molecule has 0 saturated carbocycles. The molecule has 0 radical (unpaired) electrons. The molecule has 0 aliphatic heterocycles. The molecule has 0 aliphatic rings. The van der Waals surface area contributed by atoms with Gasteiger partial charge in [-0.05, 0) is 27.7 Å². The summed E-state index contributed by atoms with van der Waals surface area (Å²) in [6, 6.07) is 0. The summed E-state index contributed by atoms with van der Waals surface area (Å²) in [5.74, 6) is 0. The maximum Gasteiger partial charge on any atom is 0.107 e. The molecule has 0 saturated heterocycles. The summed E-state index contributed by atoms with van der Waals surface area (Å²) >= 11 is 0. The Morgan fingerprint density at radius 3 is 1.93 bits per heavy atom. The molecule has 0 bridgehead atoms. The van der Waals surface area contributed by atoms with E-state index >= 15 is 0 Å². The van der Waals surface area contributed by atoms with Gasteiger partial charge in [-0.3, -0.25) is 9.68 Å². The van der Waals surface area contributed by atoms with Crippen LogP contribution in [0.25, 0.3) is 0 Å².